The van der Waals surface area contributed by atoms with Gasteiger partial charge in [-0.2, -0.15) is 0 Å². The Labute approximate surface area is 167 Å². The van der Waals surface area contributed by atoms with Gasteiger partial charge < -0.3 is 24.7 Å². The molecule has 2 aliphatic rings. The van der Waals surface area contributed by atoms with Crippen LogP contribution >= 0.6 is 0 Å². The smallest absolute Gasteiger partial charge is 0.270 e. The standard InChI is InChI=1S/C22H21N3O4/c26-21(23-16-5-6-19-20(12-16)29-13-28-19)14-7-9-25(10-8-14)22(27)18-11-15-3-1-2-4-17(15)24-18/h1-6,11-12,14,24H,7-10,13H2,(H,23,26). The molecule has 148 valence electrons. The van der Waals surface area contributed by atoms with Gasteiger partial charge in [-0.25, -0.2) is 0 Å². The van der Waals surface area contributed by atoms with Crippen LogP contribution in [0.5, 0.6) is 11.5 Å². The molecular weight excluding hydrogens is 370 g/mol. The van der Waals surface area contributed by atoms with Crippen molar-refractivity contribution in [3.05, 3.63) is 54.2 Å². The van der Waals surface area contributed by atoms with Gasteiger partial charge in [-0.1, -0.05) is 18.2 Å². The maximum Gasteiger partial charge on any atom is 0.270 e. The molecule has 3 heterocycles. The Bertz CT molecular complexity index is 1050. The lowest BCUT2D eigenvalue weighted by Crippen LogP contribution is -2.41. The summed E-state index contributed by atoms with van der Waals surface area (Å²) < 4.78 is 10.6. The first-order valence-electron chi connectivity index (χ1n) is 9.75. The van der Waals surface area contributed by atoms with E-state index in [1.807, 2.05) is 35.2 Å². The molecule has 2 aromatic carbocycles. The summed E-state index contributed by atoms with van der Waals surface area (Å²) in [6, 6.07) is 15.1. The zero-order valence-electron chi connectivity index (χ0n) is 15.8. The van der Waals surface area contributed by atoms with Gasteiger partial charge in [0.05, 0.1) is 0 Å². The van der Waals surface area contributed by atoms with Crippen LogP contribution in [-0.4, -0.2) is 41.6 Å². The summed E-state index contributed by atoms with van der Waals surface area (Å²) in [6.07, 6.45) is 1.28. The molecule has 0 aliphatic carbocycles. The van der Waals surface area contributed by atoms with Crippen LogP contribution in [0.4, 0.5) is 5.69 Å². The highest BCUT2D eigenvalue weighted by atomic mass is 16.7. The molecule has 1 aromatic heterocycles. The van der Waals surface area contributed by atoms with E-state index in [0.717, 1.165) is 10.9 Å². The Morgan fingerprint density at radius 3 is 2.62 bits per heavy atom. The minimum atomic E-state index is -0.118. The van der Waals surface area contributed by atoms with Crippen LogP contribution in [-0.2, 0) is 4.79 Å². The summed E-state index contributed by atoms with van der Waals surface area (Å²) in [7, 11) is 0. The van der Waals surface area contributed by atoms with Crippen molar-refractivity contribution < 1.29 is 19.1 Å². The maximum absolute atomic E-state index is 12.8. The van der Waals surface area contributed by atoms with Gasteiger partial charge in [-0.3, -0.25) is 9.59 Å². The number of rotatable bonds is 3. The average Bonchev–Trinajstić information content (AvgIpc) is 3.39. The molecule has 0 radical (unpaired) electrons. The largest absolute Gasteiger partial charge is 0.454 e. The number of aromatic nitrogens is 1. The van der Waals surface area contributed by atoms with Crippen LogP contribution in [0.2, 0.25) is 0 Å². The van der Waals surface area contributed by atoms with Gasteiger partial charge in [0, 0.05) is 41.7 Å². The third-order valence-electron chi connectivity index (χ3n) is 5.55. The minimum absolute atomic E-state index is 0.0178. The van der Waals surface area contributed by atoms with E-state index in [0.29, 0.717) is 48.8 Å². The molecule has 7 heteroatoms. The van der Waals surface area contributed by atoms with Crippen LogP contribution in [0.15, 0.2) is 48.5 Å². The van der Waals surface area contributed by atoms with Crippen molar-refractivity contribution in [2.75, 3.05) is 25.2 Å². The number of piperidine rings is 1. The molecule has 0 atom stereocenters. The third kappa shape index (κ3) is 3.40. The van der Waals surface area contributed by atoms with E-state index >= 15 is 0 Å². The molecule has 0 saturated carbocycles. The molecule has 7 nitrogen and oxygen atoms in total. The van der Waals surface area contributed by atoms with Crippen LogP contribution < -0.4 is 14.8 Å². The number of para-hydroxylation sites is 1. The number of hydrogen-bond donors (Lipinski definition) is 2. The second-order valence-electron chi connectivity index (χ2n) is 7.39. The highest BCUT2D eigenvalue weighted by Crippen LogP contribution is 2.34. The van der Waals surface area contributed by atoms with Crippen molar-refractivity contribution in [3.8, 4) is 11.5 Å². The van der Waals surface area contributed by atoms with E-state index in [9.17, 15) is 9.59 Å². The number of nitrogens with one attached hydrogen (secondary N) is 2. The molecule has 3 aromatic rings. The van der Waals surface area contributed by atoms with Crippen molar-refractivity contribution in [3.63, 3.8) is 0 Å². The van der Waals surface area contributed by atoms with Crippen LogP contribution in [0.25, 0.3) is 10.9 Å². The fraction of sp³-hybridized carbons (Fsp3) is 0.273. The number of H-pyrrole nitrogens is 1. The number of benzene rings is 2. The molecule has 0 unspecified atom stereocenters. The SMILES string of the molecule is O=C(Nc1ccc2c(c1)OCO2)C1CCN(C(=O)c2cc3ccccc3[nH]2)CC1. The molecular formula is C22H21N3O4. The summed E-state index contributed by atoms with van der Waals surface area (Å²) in [5.41, 5.74) is 2.24. The Kier molecular flexibility index (Phi) is 4.35. The first kappa shape index (κ1) is 17.6. The summed E-state index contributed by atoms with van der Waals surface area (Å²) in [6.45, 7) is 1.33. The molecule has 29 heavy (non-hydrogen) atoms. The molecule has 0 spiro atoms. The zero-order chi connectivity index (χ0) is 19.8. The van der Waals surface area contributed by atoms with Crippen molar-refractivity contribution >= 4 is 28.4 Å². The number of likely N-dealkylation sites (tertiary alicyclic amines) is 1. The predicted molar refractivity (Wildman–Crippen MR) is 108 cm³/mol. The minimum Gasteiger partial charge on any atom is -0.454 e. The molecule has 5 rings (SSSR count). The van der Waals surface area contributed by atoms with Gasteiger partial charge in [-0.15, -0.1) is 0 Å². The Morgan fingerprint density at radius 2 is 1.79 bits per heavy atom. The van der Waals surface area contributed by atoms with E-state index in [1.54, 1.807) is 18.2 Å². The fourth-order valence-electron chi connectivity index (χ4n) is 3.92. The number of carbonyl (C=O) groups is 2. The number of fused-ring (bicyclic) bond motifs is 2. The second kappa shape index (κ2) is 7.16. The van der Waals surface area contributed by atoms with Gasteiger partial charge in [0.1, 0.15) is 5.69 Å². The number of carbonyl (C=O) groups excluding carboxylic acids is 2. The quantitative estimate of drug-likeness (QED) is 0.717. The number of amides is 2. The van der Waals surface area contributed by atoms with E-state index in [-0.39, 0.29) is 24.5 Å². The molecule has 2 N–H and O–H groups in total. The van der Waals surface area contributed by atoms with Crippen molar-refractivity contribution in [2.45, 2.75) is 12.8 Å². The molecule has 2 amide bonds. The van der Waals surface area contributed by atoms with E-state index in [2.05, 4.69) is 10.3 Å². The topological polar surface area (TPSA) is 83.7 Å². The number of nitrogens with zero attached hydrogens (tertiary/aromatic N) is 1. The van der Waals surface area contributed by atoms with Gasteiger partial charge >= 0.3 is 0 Å². The second-order valence-corrected chi connectivity index (χ2v) is 7.39. The molecule has 1 fully saturated rings. The predicted octanol–water partition coefficient (Wildman–Crippen LogP) is 3.39. The highest BCUT2D eigenvalue weighted by Gasteiger charge is 2.28. The van der Waals surface area contributed by atoms with Crippen molar-refractivity contribution in [2.24, 2.45) is 5.92 Å². The fourth-order valence-corrected chi connectivity index (χ4v) is 3.92. The summed E-state index contributed by atoms with van der Waals surface area (Å²) in [5.74, 6) is 1.16. The maximum atomic E-state index is 12.8. The number of aromatic amines is 1. The monoisotopic (exact) mass is 391 g/mol. The number of anilines is 1. The van der Waals surface area contributed by atoms with Gasteiger partial charge in [0.2, 0.25) is 12.7 Å². The van der Waals surface area contributed by atoms with Crippen LogP contribution in [0.1, 0.15) is 23.3 Å². The summed E-state index contributed by atoms with van der Waals surface area (Å²) in [5, 5.41) is 3.97. The Hall–Kier alpha value is -3.48. The lowest BCUT2D eigenvalue weighted by atomic mass is 9.95. The van der Waals surface area contributed by atoms with Gasteiger partial charge in [0.25, 0.3) is 5.91 Å². The number of hydrogen-bond acceptors (Lipinski definition) is 4. The zero-order valence-corrected chi connectivity index (χ0v) is 15.8. The van der Waals surface area contributed by atoms with Crippen molar-refractivity contribution in [1.29, 1.82) is 0 Å². The Balaban J connectivity index is 1.19. The normalized spacial score (nSPS) is 16.2. The van der Waals surface area contributed by atoms with Crippen LogP contribution in [0.3, 0.4) is 0 Å². The number of ether oxygens (including phenoxy) is 2. The summed E-state index contributed by atoms with van der Waals surface area (Å²) >= 11 is 0. The van der Waals surface area contributed by atoms with E-state index in [4.69, 9.17) is 9.47 Å². The third-order valence-corrected chi connectivity index (χ3v) is 5.55. The lowest BCUT2D eigenvalue weighted by molar-refractivity contribution is -0.121. The van der Waals surface area contributed by atoms with E-state index in [1.165, 1.54) is 0 Å². The molecule has 2 aliphatic heterocycles. The Morgan fingerprint density at radius 1 is 1.00 bits per heavy atom. The summed E-state index contributed by atoms with van der Waals surface area (Å²) in [4.78, 5) is 30.5. The van der Waals surface area contributed by atoms with Gasteiger partial charge in [-0.05, 0) is 37.1 Å². The molecule has 0 bridgehead atoms. The average molecular weight is 391 g/mol. The molecule has 1 saturated heterocycles. The van der Waals surface area contributed by atoms with Gasteiger partial charge in [0.15, 0.2) is 11.5 Å². The lowest BCUT2D eigenvalue weighted by Gasteiger charge is -2.31. The van der Waals surface area contributed by atoms with Crippen LogP contribution in [0, 0.1) is 5.92 Å². The van der Waals surface area contributed by atoms with E-state index < -0.39 is 0 Å². The highest BCUT2D eigenvalue weighted by molar-refractivity contribution is 5.98. The first-order chi connectivity index (χ1) is 14.2. The first-order valence-corrected chi connectivity index (χ1v) is 9.75. The van der Waals surface area contributed by atoms with Crippen molar-refractivity contribution in [1.82, 2.24) is 9.88 Å².